The second-order valence-corrected chi connectivity index (χ2v) is 4.88. The highest BCUT2D eigenvalue weighted by molar-refractivity contribution is 7.99. The first-order chi connectivity index (χ1) is 6.59. The highest BCUT2D eigenvalue weighted by Gasteiger charge is 2.01. The van der Waals surface area contributed by atoms with Crippen LogP contribution in [0.1, 0.15) is 20.3 Å². The third-order valence-corrected chi connectivity index (χ3v) is 2.96. The van der Waals surface area contributed by atoms with Gasteiger partial charge >= 0.3 is 0 Å². The molecule has 0 fully saturated rings. The van der Waals surface area contributed by atoms with Gasteiger partial charge in [-0.05, 0) is 36.3 Å². The molecule has 0 aliphatic carbocycles. The Morgan fingerprint density at radius 1 is 1.43 bits per heavy atom. The Hall–Kier alpha value is -0.700. The van der Waals surface area contributed by atoms with Crippen LogP contribution in [0.15, 0.2) is 23.1 Å². The van der Waals surface area contributed by atoms with Crippen molar-refractivity contribution >= 4 is 17.4 Å². The zero-order valence-corrected chi connectivity index (χ0v) is 9.40. The summed E-state index contributed by atoms with van der Waals surface area (Å²) in [5.41, 5.74) is 5.60. The topological polar surface area (TPSA) is 26.0 Å². The number of anilines is 1. The van der Waals surface area contributed by atoms with Crippen molar-refractivity contribution in [3.8, 4) is 0 Å². The molecule has 0 radical (unpaired) electrons. The molecule has 0 aromatic heterocycles. The van der Waals surface area contributed by atoms with E-state index < -0.39 is 0 Å². The Bertz CT molecular complexity index is 299. The van der Waals surface area contributed by atoms with Gasteiger partial charge in [0.05, 0.1) is 5.69 Å². The fourth-order valence-corrected chi connectivity index (χ4v) is 2.19. The molecule has 0 amide bonds. The maximum atomic E-state index is 13.0. The van der Waals surface area contributed by atoms with E-state index in [0.717, 1.165) is 17.1 Å². The summed E-state index contributed by atoms with van der Waals surface area (Å²) in [7, 11) is 0. The molecule has 0 saturated heterocycles. The highest BCUT2D eigenvalue weighted by atomic mass is 32.2. The normalized spacial score (nSPS) is 10.9. The molecule has 3 heteroatoms. The van der Waals surface area contributed by atoms with Crippen LogP contribution in [-0.2, 0) is 0 Å². The number of rotatable bonds is 4. The van der Waals surface area contributed by atoms with Crippen LogP contribution < -0.4 is 5.73 Å². The summed E-state index contributed by atoms with van der Waals surface area (Å²) in [5.74, 6) is 1.40. The van der Waals surface area contributed by atoms with Gasteiger partial charge < -0.3 is 5.73 Å². The second-order valence-electron chi connectivity index (χ2n) is 3.71. The van der Waals surface area contributed by atoms with Crippen LogP contribution in [0, 0.1) is 11.7 Å². The van der Waals surface area contributed by atoms with Gasteiger partial charge in [-0.25, -0.2) is 4.39 Å². The van der Waals surface area contributed by atoms with E-state index in [-0.39, 0.29) is 11.5 Å². The predicted octanol–water partition coefficient (Wildman–Crippen LogP) is 3.55. The van der Waals surface area contributed by atoms with Crippen LogP contribution in [0.2, 0.25) is 0 Å². The van der Waals surface area contributed by atoms with Crippen molar-refractivity contribution in [2.75, 3.05) is 11.5 Å². The third-order valence-electron chi connectivity index (χ3n) is 1.94. The zero-order valence-electron chi connectivity index (χ0n) is 8.59. The molecule has 1 rings (SSSR count). The number of halogens is 1. The molecular formula is C11H16FNS. The minimum absolute atomic E-state index is 0.221. The summed E-state index contributed by atoms with van der Waals surface area (Å²) >= 11 is 1.68. The van der Waals surface area contributed by atoms with Crippen LogP contribution in [-0.4, -0.2) is 5.75 Å². The molecule has 1 nitrogen and oxygen atoms in total. The van der Waals surface area contributed by atoms with Crippen LogP contribution in [0.4, 0.5) is 10.1 Å². The van der Waals surface area contributed by atoms with Crippen LogP contribution in [0.5, 0.6) is 0 Å². The summed E-state index contributed by atoms with van der Waals surface area (Å²) in [5, 5.41) is 0. The summed E-state index contributed by atoms with van der Waals surface area (Å²) < 4.78 is 13.0. The summed E-state index contributed by atoms with van der Waals surface area (Å²) in [6.07, 6.45) is 1.15. The van der Waals surface area contributed by atoms with E-state index in [1.807, 2.05) is 6.07 Å². The smallest absolute Gasteiger partial charge is 0.147 e. The Morgan fingerprint density at radius 3 is 2.71 bits per heavy atom. The quantitative estimate of drug-likeness (QED) is 0.611. The van der Waals surface area contributed by atoms with E-state index >= 15 is 0 Å². The molecule has 1 aromatic rings. The average Bonchev–Trinajstić information content (AvgIpc) is 2.10. The van der Waals surface area contributed by atoms with Gasteiger partial charge in [-0.2, -0.15) is 0 Å². The predicted molar refractivity (Wildman–Crippen MR) is 61.0 cm³/mol. The standard InChI is InChI=1S/C11H16FNS/c1-8(2)5-6-14-9-3-4-11(13)10(12)7-9/h3-4,7-8H,5-6,13H2,1-2H3. The number of hydrogen-bond donors (Lipinski definition) is 1. The second kappa shape index (κ2) is 5.25. The van der Waals surface area contributed by atoms with E-state index in [0.29, 0.717) is 5.92 Å². The van der Waals surface area contributed by atoms with E-state index in [1.165, 1.54) is 6.07 Å². The van der Waals surface area contributed by atoms with Crippen LogP contribution in [0.3, 0.4) is 0 Å². The van der Waals surface area contributed by atoms with Gasteiger partial charge in [0, 0.05) is 4.90 Å². The molecular weight excluding hydrogens is 197 g/mol. The lowest BCUT2D eigenvalue weighted by Crippen LogP contribution is -1.92. The van der Waals surface area contributed by atoms with Crippen LogP contribution >= 0.6 is 11.8 Å². The monoisotopic (exact) mass is 213 g/mol. The maximum Gasteiger partial charge on any atom is 0.147 e. The molecule has 2 N–H and O–H groups in total. The number of nitrogen functional groups attached to an aromatic ring is 1. The van der Waals surface area contributed by atoms with Crippen molar-refractivity contribution in [2.45, 2.75) is 25.2 Å². The first-order valence-corrected chi connectivity index (χ1v) is 5.76. The van der Waals surface area contributed by atoms with Gasteiger partial charge in [0.1, 0.15) is 5.82 Å². The number of nitrogens with two attached hydrogens (primary N) is 1. The Balaban J connectivity index is 2.47. The minimum atomic E-state index is -0.320. The lowest BCUT2D eigenvalue weighted by molar-refractivity contribution is 0.627. The number of benzene rings is 1. The SMILES string of the molecule is CC(C)CCSc1ccc(N)c(F)c1. The van der Waals surface area contributed by atoms with Gasteiger partial charge in [0.2, 0.25) is 0 Å². The van der Waals surface area contributed by atoms with Crippen LogP contribution in [0.25, 0.3) is 0 Å². The zero-order chi connectivity index (χ0) is 10.6. The maximum absolute atomic E-state index is 13.0. The fraction of sp³-hybridized carbons (Fsp3) is 0.455. The molecule has 0 aliphatic rings. The first kappa shape index (κ1) is 11.4. The molecule has 78 valence electrons. The van der Waals surface area contributed by atoms with E-state index in [1.54, 1.807) is 17.8 Å². The summed E-state index contributed by atoms with van der Waals surface area (Å²) in [6.45, 7) is 4.37. The summed E-state index contributed by atoms with van der Waals surface area (Å²) in [6, 6.07) is 4.98. The molecule has 0 heterocycles. The van der Waals surface area contributed by atoms with Crippen molar-refractivity contribution < 1.29 is 4.39 Å². The molecule has 0 unspecified atom stereocenters. The molecule has 0 saturated carbocycles. The first-order valence-electron chi connectivity index (χ1n) is 4.77. The van der Waals surface area contributed by atoms with Gasteiger partial charge in [-0.15, -0.1) is 11.8 Å². The molecule has 0 atom stereocenters. The van der Waals surface area contributed by atoms with Gasteiger partial charge in [0.25, 0.3) is 0 Å². The summed E-state index contributed by atoms with van der Waals surface area (Å²) in [4.78, 5) is 0.956. The molecule has 14 heavy (non-hydrogen) atoms. The lowest BCUT2D eigenvalue weighted by Gasteiger charge is -2.05. The van der Waals surface area contributed by atoms with Gasteiger partial charge in [0.15, 0.2) is 0 Å². The number of hydrogen-bond acceptors (Lipinski definition) is 2. The molecule has 0 spiro atoms. The van der Waals surface area contributed by atoms with Crippen molar-refractivity contribution in [2.24, 2.45) is 5.92 Å². The van der Waals surface area contributed by atoms with Gasteiger partial charge in [-0.3, -0.25) is 0 Å². The van der Waals surface area contributed by atoms with E-state index in [4.69, 9.17) is 5.73 Å². The van der Waals surface area contributed by atoms with E-state index in [9.17, 15) is 4.39 Å². The lowest BCUT2D eigenvalue weighted by atomic mass is 10.2. The Morgan fingerprint density at radius 2 is 2.14 bits per heavy atom. The molecule has 0 bridgehead atoms. The van der Waals surface area contributed by atoms with Crippen molar-refractivity contribution in [3.63, 3.8) is 0 Å². The van der Waals surface area contributed by atoms with Crippen molar-refractivity contribution in [1.82, 2.24) is 0 Å². The minimum Gasteiger partial charge on any atom is -0.396 e. The van der Waals surface area contributed by atoms with Crippen molar-refractivity contribution in [1.29, 1.82) is 0 Å². The van der Waals surface area contributed by atoms with E-state index in [2.05, 4.69) is 13.8 Å². The Labute approximate surface area is 88.9 Å². The Kier molecular flexibility index (Phi) is 4.26. The largest absolute Gasteiger partial charge is 0.396 e. The third kappa shape index (κ3) is 3.58. The van der Waals surface area contributed by atoms with Crippen molar-refractivity contribution in [3.05, 3.63) is 24.0 Å². The van der Waals surface area contributed by atoms with Gasteiger partial charge in [-0.1, -0.05) is 13.8 Å². The average molecular weight is 213 g/mol. The molecule has 0 aliphatic heterocycles. The number of thioether (sulfide) groups is 1. The molecule has 1 aromatic carbocycles. The fourth-order valence-electron chi connectivity index (χ4n) is 1.01. The highest BCUT2D eigenvalue weighted by Crippen LogP contribution is 2.23.